The summed E-state index contributed by atoms with van der Waals surface area (Å²) in [6.07, 6.45) is 0. The van der Waals surface area contributed by atoms with Gasteiger partial charge in [0.25, 0.3) is 0 Å². The number of hydrogen-bond donors (Lipinski definition) is 3. The molecule has 0 saturated heterocycles. The second-order valence-corrected chi connectivity index (χ2v) is 4.55. The Labute approximate surface area is 92.9 Å². The topological polar surface area (TPSA) is 60.7 Å². The highest BCUT2D eigenvalue weighted by Crippen LogP contribution is 2.34. The molecule has 0 aliphatic heterocycles. The highest BCUT2D eigenvalue weighted by molar-refractivity contribution is 9.10. The Balaban J connectivity index is 2.80. The van der Waals surface area contributed by atoms with Gasteiger partial charge in [-0.25, -0.2) is 0 Å². The minimum atomic E-state index is -1.58. The third-order valence-corrected chi connectivity index (χ3v) is 3.73. The molecule has 3 N–H and O–H groups in total. The molecule has 1 aromatic carbocycles. The number of phenols is 1. The molecule has 0 saturated carbocycles. The van der Waals surface area contributed by atoms with E-state index in [0.29, 0.717) is 4.47 Å². The molecule has 0 atom stereocenters. The fraction of sp³-hybridized carbons (Fsp3) is 0. The van der Waals surface area contributed by atoms with E-state index in [4.69, 9.17) is 10.0 Å². The van der Waals surface area contributed by atoms with Crippen LogP contribution in [-0.2, 0) is 0 Å². The van der Waals surface area contributed by atoms with Crippen LogP contribution >= 0.6 is 27.3 Å². The molecule has 2 rings (SSSR count). The molecule has 0 radical (unpaired) electrons. The van der Waals surface area contributed by atoms with Crippen LogP contribution in [0.4, 0.5) is 0 Å². The Morgan fingerprint density at radius 3 is 2.71 bits per heavy atom. The van der Waals surface area contributed by atoms with Crippen molar-refractivity contribution < 1.29 is 15.2 Å². The van der Waals surface area contributed by atoms with Crippen LogP contribution in [0.3, 0.4) is 0 Å². The van der Waals surface area contributed by atoms with Gasteiger partial charge < -0.3 is 15.2 Å². The molecule has 2 aromatic rings. The summed E-state index contributed by atoms with van der Waals surface area (Å²) >= 11 is 4.53. The Bertz CT molecular complexity index is 483. The molecular formula is C8H6BBrO3S. The zero-order valence-electron chi connectivity index (χ0n) is 6.94. The van der Waals surface area contributed by atoms with Gasteiger partial charge in [-0.05, 0) is 32.8 Å². The summed E-state index contributed by atoms with van der Waals surface area (Å²) in [7, 11) is -1.58. The molecule has 0 unspecified atom stereocenters. The van der Waals surface area contributed by atoms with Crippen molar-refractivity contribution in [2.75, 3.05) is 0 Å². The van der Waals surface area contributed by atoms with Gasteiger partial charge in [-0.15, -0.1) is 11.3 Å². The zero-order valence-corrected chi connectivity index (χ0v) is 9.34. The predicted octanol–water partition coefficient (Wildman–Crippen LogP) is 1.05. The lowest BCUT2D eigenvalue weighted by Gasteiger charge is -2.06. The molecular weight excluding hydrogens is 267 g/mol. The molecule has 14 heavy (non-hydrogen) atoms. The Morgan fingerprint density at radius 2 is 2.07 bits per heavy atom. The normalized spacial score (nSPS) is 10.8. The highest BCUT2D eigenvalue weighted by atomic mass is 79.9. The number of fused-ring (bicyclic) bond motifs is 1. The van der Waals surface area contributed by atoms with E-state index >= 15 is 0 Å². The molecule has 3 nitrogen and oxygen atoms in total. The molecule has 0 amide bonds. The monoisotopic (exact) mass is 272 g/mol. The van der Waals surface area contributed by atoms with Gasteiger partial charge in [0.2, 0.25) is 0 Å². The first-order valence-electron chi connectivity index (χ1n) is 3.86. The van der Waals surface area contributed by atoms with Gasteiger partial charge in [-0.2, -0.15) is 0 Å². The van der Waals surface area contributed by atoms with Crippen molar-refractivity contribution in [3.63, 3.8) is 0 Å². The van der Waals surface area contributed by atoms with Crippen LogP contribution in [0.15, 0.2) is 22.0 Å². The van der Waals surface area contributed by atoms with E-state index in [1.54, 1.807) is 6.07 Å². The van der Waals surface area contributed by atoms with Crippen LogP contribution in [0.5, 0.6) is 5.75 Å². The van der Waals surface area contributed by atoms with E-state index in [2.05, 4.69) is 15.9 Å². The highest BCUT2D eigenvalue weighted by Gasteiger charge is 2.19. The Hall–Kier alpha value is -0.555. The maximum atomic E-state index is 9.72. The smallest absolute Gasteiger partial charge is 0.489 e. The van der Waals surface area contributed by atoms with Gasteiger partial charge in [0.1, 0.15) is 5.75 Å². The fourth-order valence-electron chi connectivity index (χ4n) is 1.28. The van der Waals surface area contributed by atoms with Gasteiger partial charge in [-0.3, -0.25) is 0 Å². The Kier molecular flexibility index (Phi) is 2.53. The van der Waals surface area contributed by atoms with Crippen molar-refractivity contribution in [3.8, 4) is 5.75 Å². The molecule has 1 aromatic heterocycles. The van der Waals surface area contributed by atoms with E-state index in [1.807, 2.05) is 11.4 Å². The first-order chi connectivity index (χ1) is 6.61. The number of thiophene rings is 1. The Morgan fingerprint density at radius 1 is 1.36 bits per heavy atom. The maximum Gasteiger partial charge on any atom is 0.489 e. The average Bonchev–Trinajstić information content (AvgIpc) is 2.58. The molecule has 6 heteroatoms. The number of benzene rings is 1. The summed E-state index contributed by atoms with van der Waals surface area (Å²) < 4.78 is 1.07. The lowest BCUT2D eigenvalue weighted by Crippen LogP contribution is -2.30. The summed E-state index contributed by atoms with van der Waals surface area (Å²) in [6.45, 7) is 0. The van der Waals surface area contributed by atoms with Gasteiger partial charge >= 0.3 is 7.12 Å². The van der Waals surface area contributed by atoms with Crippen molar-refractivity contribution in [1.82, 2.24) is 0 Å². The van der Waals surface area contributed by atoms with Crippen LogP contribution in [-0.4, -0.2) is 22.3 Å². The van der Waals surface area contributed by atoms with Crippen molar-refractivity contribution >= 4 is 49.9 Å². The van der Waals surface area contributed by atoms with Crippen LogP contribution < -0.4 is 5.46 Å². The van der Waals surface area contributed by atoms with Crippen molar-refractivity contribution in [2.45, 2.75) is 0 Å². The quantitative estimate of drug-likeness (QED) is 0.680. The summed E-state index contributed by atoms with van der Waals surface area (Å²) in [4.78, 5) is 0. The van der Waals surface area contributed by atoms with Crippen molar-refractivity contribution in [3.05, 3.63) is 22.0 Å². The number of hydrogen-bond acceptors (Lipinski definition) is 4. The van der Waals surface area contributed by atoms with E-state index in [-0.39, 0.29) is 11.2 Å². The first kappa shape index (κ1) is 9.98. The fourth-order valence-corrected chi connectivity index (χ4v) is 2.76. The predicted molar refractivity (Wildman–Crippen MR) is 61.0 cm³/mol. The molecule has 0 bridgehead atoms. The lowest BCUT2D eigenvalue weighted by molar-refractivity contribution is 0.424. The molecule has 0 aliphatic carbocycles. The van der Waals surface area contributed by atoms with E-state index in [0.717, 1.165) is 10.1 Å². The SMILES string of the molecule is OB(O)c1cc2ccsc2c(O)c1Br. The first-order valence-corrected chi connectivity index (χ1v) is 5.53. The summed E-state index contributed by atoms with van der Waals surface area (Å²) in [5, 5.41) is 30.4. The third kappa shape index (κ3) is 1.44. The maximum absolute atomic E-state index is 9.72. The second-order valence-electron chi connectivity index (χ2n) is 2.84. The van der Waals surface area contributed by atoms with Gasteiger partial charge in [0.05, 0.1) is 9.17 Å². The minimum Gasteiger partial charge on any atom is -0.505 e. The van der Waals surface area contributed by atoms with E-state index in [1.165, 1.54) is 11.3 Å². The minimum absolute atomic E-state index is 0.0561. The summed E-state index contributed by atoms with van der Waals surface area (Å²) in [5.41, 5.74) is 0.272. The van der Waals surface area contributed by atoms with Crippen LogP contribution in [0, 0.1) is 0 Å². The molecule has 0 aliphatic rings. The molecule has 72 valence electrons. The van der Waals surface area contributed by atoms with E-state index in [9.17, 15) is 5.11 Å². The van der Waals surface area contributed by atoms with Crippen LogP contribution in [0.1, 0.15) is 0 Å². The number of rotatable bonds is 1. The largest absolute Gasteiger partial charge is 0.505 e. The zero-order chi connectivity index (χ0) is 10.3. The van der Waals surface area contributed by atoms with Crippen molar-refractivity contribution in [2.24, 2.45) is 0 Å². The summed E-state index contributed by atoms with van der Waals surface area (Å²) in [6, 6.07) is 3.46. The number of aromatic hydroxyl groups is 1. The van der Waals surface area contributed by atoms with Gasteiger partial charge in [0, 0.05) is 5.46 Å². The van der Waals surface area contributed by atoms with E-state index < -0.39 is 7.12 Å². The molecule has 1 heterocycles. The summed E-state index contributed by atoms with van der Waals surface area (Å²) in [5.74, 6) is 0.0561. The average molecular weight is 273 g/mol. The van der Waals surface area contributed by atoms with Gasteiger partial charge in [0.15, 0.2) is 0 Å². The lowest BCUT2D eigenvalue weighted by atomic mass is 9.80. The number of halogens is 1. The molecule has 0 spiro atoms. The van der Waals surface area contributed by atoms with Crippen LogP contribution in [0.25, 0.3) is 10.1 Å². The van der Waals surface area contributed by atoms with Crippen molar-refractivity contribution in [1.29, 1.82) is 0 Å². The second kappa shape index (κ2) is 3.54. The number of phenolic OH excluding ortho intramolecular Hbond substituents is 1. The third-order valence-electron chi connectivity index (χ3n) is 1.96. The van der Waals surface area contributed by atoms with Crippen LogP contribution in [0.2, 0.25) is 0 Å². The van der Waals surface area contributed by atoms with Gasteiger partial charge in [-0.1, -0.05) is 6.07 Å². The standard InChI is InChI=1S/C8H6BBrO3S/c10-6-5(9(12)13)3-4-1-2-14-8(4)7(6)11/h1-3,11-13H. The molecule has 0 fully saturated rings.